The molecule has 11 heteroatoms. The van der Waals surface area contributed by atoms with Crippen molar-refractivity contribution in [3.8, 4) is 0 Å². The first-order chi connectivity index (χ1) is 10.8. The summed E-state index contributed by atoms with van der Waals surface area (Å²) in [6, 6.07) is 4.47. The van der Waals surface area contributed by atoms with Crippen LogP contribution in [0.1, 0.15) is 11.5 Å². The number of hydrogen-bond acceptors (Lipinski definition) is 3. The maximum atomic E-state index is 13.0. The highest BCUT2D eigenvalue weighted by molar-refractivity contribution is 6.35. The minimum Gasteiger partial charge on any atom is -0.315 e. The fraction of sp³-hybridized carbons (Fsp3) is 0.385. The minimum atomic E-state index is -4.54. The van der Waals surface area contributed by atoms with Gasteiger partial charge in [0.1, 0.15) is 12.7 Å². The molecular formula is C13H12Cl2F5N3O. The van der Waals surface area contributed by atoms with Gasteiger partial charge in [0, 0.05) is 16.0 Å². The second kappa shape index (κ2) is 8.59. The number of ether oxygens (including phenoxy) is 1. The monoisotopic (exact) mass is 391 g/mol. The zero-order chi connectivity index (χ0) is 17.0. The molecule has 1 aromatic heterocycles. The van der Waals surface area contributed by atoms with Gasteiger partial charge in [-0.1, -0.05) is 29.3 Å². The lowest BCUT2D eigenvalue weighted by Gasteiger charge is -2.22. The molecule has 1 aromatic carbocycles. The van der Waals surface area contributed by atoms with Gasteiger partial charge in [-0.25, -0.2) is 13.8 Å². The Morgan fingerprint density at radius 2 is 1.96 bits per heavy atom. The molecule has 0 bridgehead atoms. The van der Waals surface area contributed by atoms with Crippen LogP contribution in [0.3, 0.4) is 0 Å². The summed E-state index contributed by atoms with van der Waals surface area (Å²) in [5.41, 5.74) is 0.427. The predicted octanol–water partition coefficient (Wildman–Crippen LogP) is 4.40. The molecule has 0 N–H and O–H groups in total. The van der Waals surface area contributed by atoms with E-state index in [-0.39, 0.29) is 16.3 Å². The lowest BCUT2D eigenvalue weighted by molar-refractivity contribution is -0.302. The van der Waals surface area contributed by atoms with Crippen LogP contribution in [-0.2, 0) is 11.3 Å². The van der Waals surface area contributed by atoms with Gasteiger partial charge in [-0.2, -0.15) is 13.9 Å². The van der Waals surface area contributed by atoms with E-state index in [0.717, 1.165) is 0 Å². The summed E-state index contributed by atoms with van der Waals surface area (Å²) >= 11 is 11.8. The Morgan fingerprint density at radius 3 is 2.50 bits per heavy atom. The molecule has 0 saturated carbocycles. The van der Waals surface area contributed by atoms with Gasteiger partial charge in [0.25, 0.3) is 0 Å². The highest BCUT2D eigenvalue weighted by Crippen LogP contribution is 2.32. The maximum Gasteiger partial charge on any atom is 0.416 e. The van der Waals surface area contributed by atoms with E-state index in [4.69, 9.17) is 23.2 Å². The van der Waals surface area contributed by atoms with Crippen LogP contribution in [0.4, 0.5) is 22.3 Å². The minimum absolute atomic E-state index is 0. The number of hydrogen-bond donors (Lipinski definition) is 0. The van der Waals surface area contributed by atoms with Crippen molar-refractivity contribution in [2.45, 2.75) is 25.0 Å². The van der Waals surface area contributed by atoms with Gasteiger partial charge in [0.2, 0.25) is 0 Å². The third-order valence-electron chi connectivity index (χ3n) is 3.01. The van der Waals surface area contributed by atoms with Gasteiger partial charge in [-0.05, 0) is 17.7 Å². The number of rotatable bonds is 7. The van der Waals surface area contributed by atoms with Gasteiger partial charge >= 0.3 is 12.5 Å². The summed E-state index contributed by atoms with van der Waals surface area (Å²) in [5, 5.41) is 4.43. The molecule has 0 saturated heterocycles. The number of benzene rings is 1. The Balaban J connectivity index is 0.00000288. The summed E-state index contributed by atoms with van der Waals surface area (Å²) in [6.45, 7) is -0.612. The smallest absolute Gasteiger partial charge is 0.315 e. The van der Waals surface area contributed by atoms with Crippen LogP contribution in [0, 0.1) is 0 Å². The van der Waals surface area contributed by atoms with Gasteiger partial charge in [0.05, 0.1) is 13.2 Å². The zero-order valence-electron chi connectivity index (χ0n) is 11.9. The first kappa shape index (κ1) is 20.6. The Hall–Kier alpha value is -1.45. The third-order valence-corrected chi connectivity index (χ3v) is 3.57. The first-order valence-electron chi connectivity index (χ1n) is 6.37. The summed E-state index contributed by atoms with van der Waals surface area (Å²) in [7, 11) is 0. The summed E-state index contributed by atoms with van der Waals surface area (Å²) in [5.74, 6) is -0.744. The van der Waals surface area contributed by atoms with E-state index in [0.29, 0.717) is 10.6 Å². The lowest BCUT2D eigenvalue weighted by atomic mass is 10.00. The van der Waals surface area contributed by atoms with Crippen molar-refractivity contribution >= 4 is 23.2 Å². The van der Waals surface area contributed by atoms with E-state index >= 15 is 0 Å². The zero-order valence-corrected chi connectivity index (χ0v) is 13.4. The molecular weight excluding hydrogens is 380 g/mol. The number of aromatic nitrogens is 3. The highest BCUT2D eigenvalue weighted by atomic mass is 35.5. The Kier molecular flexibility index (Phi) is 7.37. The van der Waals surface area contributed by atoms with Crippen molar-refractivity contribution in [1.29, 1.82) is 0 Å². The van der Waals surface area contributed by atoms with E-state index in [1.54, 1.807) is 0 Å². The van der Waals surface area contributed by atoms with Crippen LogP contribution in [0.15, 0.2) is 30.9 Å². The molecule has 2 aromatic rings. The molecule has 24 heavy (non-hydrogen) atoms. The number of nitrogens with zero attached hydrogens (tertiary/aromatic N) is 3. The summed E-state index contributed by atoms with van der Waals surface area (Å²) in [6.07, 6.45) is -5.84. The van der Waals surface area contributed by atoms with Crippen LogP contribution in [0.5, 0.6) is 0 Å². The molecule has 1 heterocycles. The first-order valence-corrected chi connectivity index (χ1v) is 7.12. The van der Waals surface area contributed by atoms with E-state index < -0.39 is 25.1 Å². The van der Waals surface area contributed by atoms with Crippen LogP contribution >= 0.6 is 23.2 Å². The van der Waals surface area contributed by atoms with Crippen LogP contribution in [0.25, 0.3) is 0 Å². The topological polar surface area (TPSA) is 39.9 Å². The van der Waals surface area contributed by atoms with Crippen LogP contribution in [0.2, 0.25) is 10.0 Å². The Bertz CT molecular complexity index is 643. The van der Waals surface area contributed by atoms with Crippen molar-refractivity contribution in [3.63, 3.8) is 0 Å². The van der Waals surface area contributed by atoms with E-state index in [2.05, 4.69) is 14.8 Å². The lowest BCUT2D eigenvalue weighted by Crippen LogP contribution is -2.32. The predicted molar refractivity (Wildman–Crippen MR) is 78.6 cm³/mol. The number of alkyl halides is 4. The molecule has 4 nitrogen and oxygen atoms in total. The molecule has 0 radical (unpaired) electrons. The van der Waals surface area contributed by atoms with E-state index in [1.807, 2.05) is 0 Å². The second-order valence-electron chi connectivity index (χ2n) is 4.65. The molecule has 0 amide bonds. The molecule has 0 aliphatic heterocycles. The fourth-order valence-electron chi connectivity index (χ4n) is 1.90. The number of halogens is 7. The normalized spacial score (nSPS) is 13.0. The molecule has 0 aliphatic rings. The highest BCUT2D eigenvalue weighted by Gasteiger charge is 2.43. The maximum absolute atomic E-state index is 13.0. The summed E-state index contributed by atoms with van der Waals surface area (Å²) in [4.78, 5) is 3.73. The van der Waals surface area contributed by atoms with Crippen LogP contribution in [-0.4, -0.2) is 33.9 Å². The molecule has 1 atom stereocenters. The standard InChI is InChI=1S/C13H11Cl2F4N3O.FH/c14-9-1-2-10(11(15)3-9)8(4-22-7-20-6-21-22)5-23-13(18,19)12(16)17;/h1-3,6-8,12H,4-5H2;1H. The SMILES string of the molecule is F.FC(F)C(F)(F)OCC(Cn1cncn1)c1ccc(Cl)cc1Cl. The van der Waals surface area contributed by atoms with Crippen molar-refractivity contribution in [2.24, 2.45) is 0 Å². The van der Waals surface area contributed by atoms with Crippen molar-refractivity contribution < 1.29 is 27.0 Å². The van der Waals surface area contributed by atoms with Crippen LogP contribution < -0.4 is 0 Å². The second-order valence-corrected chi connectivity index (χ2v) is 5.50. The van der Waals surface area contributed by atoms with E-state index in [1.165, 1.54) is 35.5 Å². The molecule has 2 rings (SSSR count). The Labute approximate surface area is 143 Å². The van der Waals surface area contributed by atoms with Gasteiger partial charge in [-0.3, -0.25) is 9.39 Å². The molecule has 134 valence electrons. The van der Waals surface area contributed by atoms with Gasteiger partial charge in [0.15, 0.2) is 0 Å². The largest absolute Gasteiger partial charge is 0.416 e. The molecule has 0 spiro atoms. The summed E-state index contributed by atoms with van der Waals surface area (Å²) < 4.78 is 55.9. The molecule has 0 fully saturated rings. The van der Waals surface area contributed by atoms with Gasteiger partial charge < -0.3 is 4.74 Å². The Morgan fingerprint density at radius 1 is 1.25 bits per heavy atom. The average Bonchev–Trinajstić information content (AvgIpc) is 2.96. The van der Waals surface area contributed by atoms with Crippen molar-refractivity contribution in [1.82, 2.24) is 14.8 Å². The third kappa shape index (κ3) is 5.29. The van der Waals surface area contributed by atoms with E-state index in [9.17, 15) is 17.6 Å². The molecule has 1 unspecified atom stereocenters. The van der Waals surface area contributed by atoms with Gasteiger partial charge in [-0.15, -0.1) is 0 Å². The fourth-order valence-corrected chi connectivity index (χ4v) is 2.46. The quantitative estimate of drug-likeness (QED) is 0.656. The molecule has 0 aliphatic carbocycles. The van der Waals surface area contributed by atoms with Crippen molar-refractivity contribution in [3.05, 3.63) is 46.5 Å². The van der Waals surface area contributed by atoms with Crippen molar-refractivity contribution in [2.75, 3.05) is 6.61 Å². The average molecular weight is 392 g/mol.